The number of benzene rings is 1. The molecule has 1 aromatic rings. The van der Waals surface area contributed by atoms with E-state index in [1.54, 1.807) is 0 Å². The first-order valence-electron chi connectivity index (χ1n) is 9.68. The lowest BCUT2D eigenvalue weighted by Crippen LogP contribution is -2.48. The number of nitrogens with zero attached hydrogens (tertiary/aromatic N) is 4. The topological polar surface area (TPSA) is 101 Å². The van der Waals surface area contributed by atoms with E-state index in [4.69, 9.17) is 5.73 Å². The molecule has 3 rings (SSSR count). The Kier molecular flexibility index (Phi) is 5.28. The number of hydrogen-bond donors (Lipinski definition) is 1. The number of likely N-dealkylation sites (N-methyl/N-ethyl adjacent to an activating group) is 1. The average Bonchev–Trinajstić information content (AvgIpc) is 2.72. The summed E-state index contributed by atoms with van der Waals surface area (Å²) in [6, 6.07) is 14.7. The van der Waals surface area contributed by atoms with Crippen LogP contribution in [-0.2, 0) is 0 Å². The van der Waals surface area contributed by atoms with Crippen LogP contribution in [0.1, 0.15) is 43.7 Å². The van der Waals surface area contributed by atoms with Gasteiger partial charge >= 0.3 is 0 Å². The number of fused-ring (bicyclic) bond motifs is 1. The fraction of sp³-hybridized carbons (Fsp3) is 0.435. The highest BCUT2D eigenvalue weighted by Crippen LogP contribution is 2.54. The predicted octanol–water partition coefficient (Wildman–Crippen LogP) is 3.56. The minimum Gasteiger partial charge on any atom is -0.399 e. The molecule has 28 heavy (non-hydrogen) atoms. The second-order valence-corrected chi connectivity index (χ2v) is 7.85. The van der Waals surface area contributed by atoms with Gasteiger partial charge in [0.25, 0.3) is 0 Å². The lowest BCUT2D eigenvalue weighted by Gasteiger charge is -2.45. The van der Waals surface area contributed by atoms with Crippen LogP contribution < -0.4 is 5.73 Å². The van der Waals surface area contributed by atoms with E-state index in [-0.39, 0.29) is 11.6 Å². The molecule has 0 amide bonds. The molecule has 0 saturated heterocycles. The summed E-state index contributed by atoms with van der Waals surface area (Å²) in [6.07, 6.45) is 2.04. The SMILES string of the molecule is CCN1CC=C2C(C#N)=C(N)C(C#N)(C#N)[C@H](c3ccc(C(C)C)cc3)[C@@H]2C1. The van der Waals surface area contributed by atoms with E-state index in [0.717, 1.165) is 24.2 Å². The van der Waals surface area contributed by atoms with Gasteiger partial charge in [0.15, 0.2) is 5.41 Å². The molecule has 1 aliphatic heterocycles. The van der Waals surface area contributed by atoms with Crippen LogP contribution in [0.15, 0.2) is 47.2 Å². The van der Waals surface area contributed by atoms with Gasteiger partial charge in [-0.05, 0) is 29.2 Å². The third-order valence-corrected chi connectivity index (χ3v) is 6.15. The van der Waals surface area contributed by atoms with Gasteiger partial charge in [0, 0.05) is 24.9 Å². The molecule has 142 valence electrons. The van der Waals surface area contributed by atoms with Crippen LogP contribution in [0, 0.1) is 45.3 Å². The monoisotopic (exact) mass is 371 g/mol. The summed E-state index contributed by atoms with van der Waals surface area (Å²) >= 11 is 0. The van der Waals surface area contributed by atoms with E-state index < -0.39 is 11.3 Å². The quantitative estimate of drug-likeness (QED) is 0.875. The van der Waals surface area contributed by atoms with Crippen LogP contribution in [-0.4, -0.2) is 24.5 Å². The Morgan fingerprint density at radius 1 is 1.18 bits per heavy atom. The molecule has 0 spiro atoms. The van der Waals surface area contributed by atoms with Gasteiger partial charge in [-0.3, -0.25) is 4.90 Å². The van der Waals surface area contributed by atoms with Gasteiger partial charge in [0.1, 0.15) is 6.07 Å². The van der Waals surface area contributed by atoms with Crippen molar-refractivity contribution >= 4 is 0 Å². The van der Waals surface area contributed by atoms with Gasteiger partial charge < -0.3 is 5.73 Å². The third-order valence-electron chi connectivity index (χ3n) is 6.15. The smallest absolute Gasteiger partial charge is 0.191 e. The largest absolute Gasteiger partial charge is 0.399 e. The van der Waals surface area contributed by atoms with Crippen molar-refractivity contribution in [3.05, 3.63) is 58.3 Å². The highest BCUT2D eigenvalue weighted by molar-refractivity contribution is 5.59. The van der Waals surface area contributed by atoms with E-state index in [1.807, 2.05) is 18.2 Å². The normalized spacial score (nSPS) is 24.0. The van der Waals surface area contributed by atoms with Crippen LogP contribution in [0.3, 0.4) is 0 Å². The van der Waals surface area contributed by atoms with Crippen LogP contribution in [0.4, 0.5) is 0 Å². The fourth-order valence-electron chi connectivity index (χ4n) is 4.46. The second kappa shape index (κ2) is 7.51. The maximum absolute atomic E-state index is 10.1. The summed E-state index contributed by atoms with van der Waals surface area (Å²) in [5, 5.41) is 29.9. The lowest BCUT2D eigenvalue weighted by molar-refractivity contribution is 0.214. The van der Waals surface area contributed by atoms with Crippen molar-refractivity contribution in [1.29, 1.82) is 15.8 Å². The van der Waals surface area contributed by atoms with E-state index in [0.29, 0.717) is 18.0 Å². The van der Waals surface area contributed by atoms with E-state index in [1.165, 1.54) is 5.56 Å². The molecule has 0 saturated carbocycles. The van der Waals surface area contributed by atoms with Crippen molar-refractivity contribution in [2.24, 2.45) is 17.1 Å². The Balaban J connectivity index is 2.25. The summed E-state index contributed by atoms with van der Waals surface area (Å²) in [7, 11) is 0. The van der Waals surface area contributed by atoms with E-state index >= 15 is 0 Å². The molecule has 5 nitrogen and oxygen atoms in total. The molecule has 2 aliphatic rings. The van der Waals surface area contributed by atoms with Crippen LogP contribution in [0.25, 0.3) is 0 Å². The molecule has 0 aromatic heterocycles. The number of allylic oxidation sites excluding steroid dienone is 2. The van der Waals surface area contributed by atoms with Gasteiger partial charge in [-0.15, -0.1) is 0 Å². The lowest BCUT2D eigenvalue weighted by atomic mass is 9.58. The van der Waals surface area contributed by atoms with Crippen molar-refractivity contribution in [3.8, 4) is 18.2 Å². The van der Waals surface area contributed by atoms with Crippen LogP contribution in [0.5, 0.6) is 0 Å². The number of rotatable bonds is 3. The minimum atomic E-state index is -1.55. The highest BCUT2D eigenvalue weighted by Gasteiger charge is 2.54. The maximum atomic E-state index is 10.1. The summed E-state index contributed by atoms with van der Waals surface area (Å²) < 4.78 is 0. The molecular weight excluding hydrogens is 346 g/mol. The predicted molar refractivity (Wildman–Crippen MR) is 107 cm³/mol. The zero-order valence-corrected chi connectivity index (χ0v) is 16.6. The molecule has 1 aromatic carbocycles. The first-order chi connectivity index (χ1) is 13.4. The van der Waals surface area contributed by atoms with Crippen molar-refractivity contribution in [2.75, 3.05) is 19.6 Å². The van der Waals surface area contributed by atoms with E-state index in [2.05, 4.69) is 56.0 Å². The van der Waals surface area contributed by atoms with Crippen molar-refractivity contribution in [3.63, 3.8) is 0 Å². The Labute approximate surface area is 167 Å². The molecule has 2 atom stereocenters. The Hall–Kier alpha value is -3.07. The number of nitriles is 3. The summed E-state index contributed by atoms with van der Waals surface area (Å²) in [5.74, 6) is -0.144. The molecule has 0 bridgehead atoms. The highest BCUT2D eigenvalue weighted by atomic mass is 15.1. The molecular formula is C23H25N5. The van der Waals surface area contributed by atoms with Crippen LogP contribution >= 0.6 is 0 Å². The van der Waals surface area contributed by atoms with Crippen molar-refractivity contribution < 1.29 is 0 Å². The summed E-state index contributed by atoms with van der Waals surface area (Å²) in [6.45, 7) is 8.66. The molecule has 1 heterocycles. The van der Waals surface area contributed by atoms with Gasteiger partial charge in [0.2, 0.25) is 0 Å². The Morgan fingerprint density at radius 2 is 1.82 bits per heavy atom. The van der Waals surface area contributed by atoms with E-state index in [9.17, 15) is 15.8 Å². The standard InChI is InChI=1S/C23H25N5/c1-4-28-10-9-18-19(11-24)22(27)23(13-25,14-26)21(20(18)12-28)17-7-5-16(6-8-17)15(2)3/h5-9,15,20-21H,4,10,12,27H2,1-3H3/t20-,21-/m1/s1. The van der Waals surface area contributed by atoms with Gasteiger partial charge in [-0.25, -0.2) is 0 Å². The van der Waals surface area contributed by atoms with Crippen LogP contribution in [0.2, 0.25) is 0 Å². The third kappa shape index (κ3) is 2.88. The number of hydrogen-bond acceptors (Lipinski definition) is 5. The van der Waals surface area contributed by atoms with Gasteiger partial charge in [0.05, 0.1) is 23.4 Å². The Morgan fingerprint density at radius 3 is 2.32 bits per heavy atom. The minimum absolute atomic E-state index is 0.0883. The average molecular weight is 371 g/mol. The Bertz CT molecular complexity index is 933. The molecule has 1 aliphatic carbocycles. The zero-order valence-electron chi connectivity index (χ0n) is 16.6. The molecule has 0 unspecified atom stereocenters. The second-order valence-electron chi connectivity index (χ2n) is 7.85. The summed E-state index contributed by atoms with van der Waals surface area (Å²) in [5.41, 5.74) is 8.17. The van der Waals surface area contributed by atoms with Gasteiger partial charge in [-0.1, -0.05) is 51.1 Å². The molecule has 2 N–H and O–H groups in total. The first kappa shape index (κ1) is 19.7. The maximum Gasteiger partial charge on any atom is 0.191 e. The molecule has 0 fully saturated rings. The zero-order chi connectivity index (χ0) is 20.5. The molecule has 5 heteroatoms. The molecule has 0 radical (unpaired) electrons. The van der Waals surface area contributed by atoms with Gasteiger partial charge in [-0.2, -0.15) is 15.8 Å². The summed E-state index contributed by atoms with van der Waals surface area (Å²) in [4.78, 5) is 2.26. The fourth-order valence-corrected chi connectivity index (χ4v) is 4.46. The van der Waals surface area contributed by atoms with Crippen molar-refractivity contribution in [2.45, 2.75) is 32.6 Å². The van der Waals surface area contributed by atoms with Crippen molar-refractivity contribution in [1.82, 2.24) is 4.90 Å². The first-order valence-corrected chi connectivity index (χ1v) is 9.68. The number of nitrogens with two attached hydrogens (primary N) is 1.